The van der Waals surface area contributed by atoms with E-state index in [-0.39, 0.29) is 18.0 Å². The number of carbonyl (C=O) groups is 2. The Morgan fingerprint density at radius 1 is 1.17 bits per heavy atom. The maximum Gasteiger partial charge on any atom is 0.324 e. The van der Waals surface area contributed by atoms with E-state index in [9.17, 15) is 9.59 Å². The summed E-state index contributed by atoms with van der Waals surface area (Å²) in [6.07, 6.45) is 0.833. The van der Waals surface area contributed by atoms with E-state index >= 15 is 0 Å². The molecule has 1 N–H and O–H groups in total. The molecule has 2 aliphatic heterocycles. The molecule has 3 rings (SSSR count). The van der Waals surface area contributed by atoms with Crippen LogP contribution in [0.4, 0.5) is 4.79 Å². The maximum absolute atomic E-state index is 12.6. The third-order valence-corrected chi connectivity index (χ3v) is 4.78. The number of carbonyl (C=O) groups excluding carboxylic acids is 2. The first-order valence-corrected chi connectivity index (χ1v) is 8.12. The largest absolute Gasteiger partial charge is 0.493 e. The number of urea groups is 1. The third-order valence-electron chi connectivity index (χ3n) is 4.78. The molecule has 0 unspecified atom stereocenters. The van der Waals surface area contributed by atoms with Gasteiger partial charge in [-0.15, -0.1) is 0 Å². The quantitative estimate of drug-likeness (QED) is 0.890. The number of amides is 3. The highest BCUT2D eigenvalue weighted by Gasteiger charge is 2.34. The van der Waals surface area contributed by atoms with Crippen molar-refractivity contribution in [3.63, 3.8) is 0 Å². The molecule has 0 saturated carbocycles. The van der Waals surface area contributed by atoms with E-state index in [1.165, 1.54) is 10.5 Å². The number of rotatable bonds is 4. The summed E-state index contributed by atoms with van der Waals surface area (Å²) in [4.78, 5) is 27.7. The van der Waals surface area contributed by atoms with Gasteiger partial charge in [-0.3, -0.25) is 14.6 Å². The molecular formula is C17H23N3O4. The number of methoxy groups -OCH3 is 2. The lowest BCUT2D eigenvalue weighted by molar-refractivity contribution is -0.133. The number of hydrogen-bond acceptors (Lipinski definition) is 5. The molecule has 0 aromatic heterocycles. The Hall–Kier alpha value is -2.28. The van der Waals surface area contributed by atoms with Gasteiger partial charge in [0, 0.05) is 26.2 Å². The summed E-state index contributed by atoms with van der Waals surface area (Å²) >= 11 is 0. The fourth-order valence-electron chi connectivity index (χ4n) is 3.30. The fraction of sp³-hybridized carbons (Fsp3) is 0.529. The van der Waals surface area contributed by atoms with Crippen LogP contribution >= 0.6 is 0 Å². The van der Waals surface area contributed by atoms with Crippen LogP contribution < -0.4 is 14.8 Å². The van der Waals surface area contributed by atoms with Crippen LogP contribution in [0.3, 0.4) is 0 Å². The monoisotopic (exact) mass is 333 g/mol. The van der Waals surface area contributed by atoms with Gasteiger partial charge in [0.2, 0.25) is 5.91 Å². The topological polar surface area (TPSA) is 71.1 Å². The van der Waals surface area contributed by atoms with Gasteiger partial charge in [-0.1, -0.05) is 0 Å². The van der Waals surface area contributed by atoms with Gasteiger partial charge < -0.3 is 14.8 Å². The second-order valence-electron chi connectivity index (χ2n) is 6.09. The molecule has 0 bridgehead atoms. The van der Waals surface area contributed by atoms with E-state index < -0.39 is 0 Å². The van der Waals surface area contributed by atoms with E-state index in [1.807, 2.05) is 19.1 Å². The first kappa shape index (κ1) is 16.6. The Morgan fingerprint density at radius 3 is 2.42 bits per heavy atom. The zero-order valence-electron chi connectivity index (χ0n) is 14.3. The standard InChI is InChI=1S/C17H23N3O4/c1-11(16(21)20-7-5-18-17(20)22)19-6-4-12-8-14(23-2)15(24-3)9-13(12)10-19/h8-9,11H,4-7,10H2,1-3H3,(H,18,22)/t11-/m1/s1. The highest BCUT2D eigenvalue weighted by Crippen LogP contribution is 2.33. The molecule has 7 heteroatoms. The minimum atomic E-state index is -0.338. The molecule has 2 heterocycles. The van der Waals surface area contributed by atoms with Gasteiger partial charge in [0.25, 0.3) is 0 Å². The average molecular weight is 333 g/mol. The molecule has 3 amide bonds. The molecule has 1 aromatic rings. The lowest BCUT2D eigenvalue weighted by Crippen LogP contribution is -2.49. The van der Waals surface area contributed by atoms with Gasteiger partial charge in [-0.05, 0) is 36.6 Å². The van der Waals surface area contributed by atoms with E-state index in [0.29, 0.717) is 25.4 Å². The Balaban J connectivity index is 1.76. The van der Waals surface area contributed by atoms with Gasteiger partial charge in [0.05, 0.1) is 20.3 Å². The SMILES string of the molecule is COc1cc2c(cc1OC)CN([C@H](C)C(=O)N1CCNC1=O)CC2. The summed E-state index contributed by atoms with van der Waals surface area (Å²) in [6, 6.07) is 3.34. The van der Waals surface area contributed by atoms with Crippen LogP contribution in [0.5, 0.6) is 11.5 Å². The zero-order valence-corrected chi connectivity index (χ0v) is 14.3. The van der Waals surface area contributed by atoms with Gasteiger partial charge >= 0.3 is 6.03 Å². The first-order valence-electron chi connectivity index (χ1n) is 8.12. The molecule has 1 fully saturated rings. The summed E-state index contributed by atoms with van der Waals surface area (Å²) < 4.78 is 10.7. The predicted molar refractivity (Wildman–Crippen MR) is 88.2 cm³/mol. The molecule has 24 heavy (non-hydrogen) atoms. The van der Waals surface area contributed by atoms with Crippen molar-refractivity contribution in [3.05, 3.63) is 23.3 Å². The molecule has 0 spiro atoms. The smallest absolute Gasteiger partial charge is 0.324 e. The van der Waals surface area contributed by atoms with Crippen LogP contribution in [0.25, 0.3) is 0 Å². The average Bonchev–Trinajstić information content (AvgIpc) is 3.04. The van der Waals surface area contributed by atoms with Crippen LogP contribution in [-0.2, 0) is 17.8 Å². The fourth-order valence-corrected chi connectivity index (χ4v) is 3.30. The molecule has 1 aromatic carbocycles. The van der Waals surface area contributed by atoms with Crippen LogP contribution in [0, 0.1) is 0 Å². The lowest BCUT2D eigenvalue weighted by Gasteiger charge is -2.34. The molecule has 1 saturated heterocycles. The van der Waals surface area contributed by atoms with Crippen LogP contribution in [0.15, 0.2) is 12.1 Å². The number of imide groups is 1. The molecule has 2 aliphatic rings. The number of fused-ring (bicyclic) bond motifs is 1. The number of ether oxygens (including phenoxy) is 2. The minimum absolute atomic E-state index is 0.145. The van der Waals surface area contributed by atoms with Crippen molar-refractivity contribution in [2.24, 2.45) is 0 Å². The highest BCUT2D eigenvalue weighted by molar-refractivity contribution is 5.98. The third kappa shape index (κ3) is 2.91. The number of nitrogens with zero attached hydrogens (tertiary/aromatic N) is 2. The van der Waals surface area contributed by atoms with E-state index in [4.69, 9.17) is 9.47 Å². The zero-order chi connectivity index (χ0) is 17.3. The van der Waals surface area contributed by atoms with E-state index in [1.54, 1.807) is 14.2 Å². The number of benzene rings is 1. The molecule has 0 aliphatic carbocycles. The lowest BCUT2D eigenvalue weighted by atomic mass is 9.97. The summed E-state index contributed by atoms with van der Waals surface area (Å²) in [5.41, 5.74) is 2.34. The summed E-state index contributed by atoms with van der Waals surface area (Å²) in [6.45, 7) is 4.25. The normalized spacial score (nSPS) is 18.8. The maximum atomic E-state index is 12.6. The molecular weight excluding hydrogens is 310 g/mol. The molecule has 0 radical (unpaired) electrons. The minimum Gasteiger partial charge on any atom is -0.493 e. The number of nitrogens with one attached hydrogen (secondary N) is 1. The Bertz CT molecular complexity index is 661. The second-order valence-corrected chi connectivity index (χ2v) is 6.09. The summed E-state index contributed by atoms with van der Waals surface area (Å²) in [5, 5.41) is 2.67. The van der Waals surface area contributed by atoms with Crippen molar-refractivity contribution < 1.29 is 19.1 Å². The summed E-state index contributed by atoms with van der Waals surface area (Å²) in [5.74, 6) is 1.27. The van der Waals surface area contributed by atoms with Gasteiger partial charge in [0.1, 0.15) is 0 Å². The van der Waals surface area contributed by atoms with Crippen LogP contribution in [0.2, 0.25) is 0 Å². The highest BCUT2D eigenvalue weighted by atomic mass is 16.5. The Morgan fingerprint density at radius 2 is 1.83 bits per heavy atom. The molecule has 130 valence electrons. The number of hydrogen-bond donors (Lipinski definition) is 1. The summed E-state index contributed by atoms with van der Waals surface area (Å²) in [7, 11) is 3.24. The van der Waals surface area contributed by atoms with Crippen molar-refractivity contribution in [2.75, 3.05) is 33.9 Å². The van der Waals surface area contributed by atoms with E-state index in [0.717, 1.165) is 24.3 Å². The van der Waals surface area contributed by atoms with Gasteiger partial charge in [-0.25, -0.2) is 4.79 Å². The van der Waals surface area contributed by atoms with Gasteiger partial charge in [0.15, 0.2) is 11.5 Å². The first-order chi connectivity index (χ1) is 11.5. The van der Waals surface area contributed by atoms with Crippen LogP contribution in [0.1, 0.15) is 18.1 Å². The van der Waals surface area contributed by atoms with Crippen LogP contribution in [-0.4, -0.2) is 61.6 Å². The van der Waals surface area contributed by atoms with Crippen molar-refractivity contribution in [1.82, 2.24) is 15.1 Å². The van der Waals surface area contributed by atoms with Crippen molar-refractivity contribution in [3.8, 4) is 11.5 Å². The van der Waals surface area contributed by atoms with Crippen molar-refractivity contribution >= 4 is 11.9 Å². The van der Waals surface area contributed by atoms with Crippen molar-refractivity contribution in [1.29, 1.82) is 0 Å². The van der Waals surface area contributed by atoms with E-state index in [2.05, 4.69) is 10.2 Å². The van der Waals surface area contributed by atoms with Gasteiger partial charge in [-0.2, -0.15) is 0 Å². The van der Waals surface area contributed by atoms with Crippen molar-refractivity contribution in [2.45, 2.75) is 25.9 Å². The molecule has 7 nitrogen and oxygen atoms in total. The Kier molecular flexibility index (Phi) is 4.62. The second kappa shape index (κ2) is 6.68. The Labute approximate surface area is 141 Å². The molecule has 1 atom stereocenters. The predicted octanol–water partition coefficient (Wildman–Crippen LogP) is 1.00.